The molecule has 0 spiro atoms. The Hall–Kier alpha value is -3.52. The van der Waals surface area contributed by atoms with Crippen LogP contribution >= 0.6 is 11.6 Å². The number of anilines is 1. The summed E-state index contributed by atoms with van der Waals surface area (Å²) in [5.41, 5.74) is 0.536. The van der Waals surface area contributed by atoms with Crippen LogP contribution in [0.25, 0.3) is 6.08 Å². The normalized spacial score (nSPS) is 15.0. The molecule has 1 aliphatic rings. The van der Waals surface area contributed by atoms with Crippen molar-refractivity contribution in [2.75, 3.05) is 18.1 Å². The molecule has 35 heavy (non-hydrogen) atoms. The van der Waals surface area contributed by atoms with Crippen molar-refractivity contribution in [1.29, 1.82) is 0 Å². The van der Waals surface area contributed by atoms with E-state index in [4.69, 9.17) is 25.8 Å². The van der Waals surface area contributed by atoms with Crippen LogP contribution in [-0.2, 0) is 9.59 Å². The summed E-state index contributed by atoms with van der Waals surface area (Å²) in [6, 6.07) is 8.90. The van der Waals surface area contributed by atoms with Gasteiger partial charge in [0.05, 0.1) is 30.0 Å². The quantitative estimate of drug-likeness (QED) is 0.268. The van der Waals surface area contributed by atoms with Crippen molar-refractivity contribution in [1.82, 2.24) is 5.32 Å². The molecule has 0 atom stereocenters. The van der Waals surface area contributed by atoms with Gasteiger partial charge in [-0.1, -0.05) is 24.9 Å². The lowest BCUT2D eigenvalue weighted by atomic mass is 10.1. The third-order valence-corrected chi connectivity index (χ3v) is 5.24. The summed E-state index contributed by atoms with van der Waals surface area (Å²) in [4.78, 5) is 39.2. The molecule has 1 N–H and O–H groups in total. The Morgan fingerprint density at radius 1 is 1.06 bits per heavy atom. The molecule has 1 saturated heterocycles. The first kappa shape index (κ1) is 26.1. The molecule has 2 aromatic rings. The van der Waals surface area contributed by atoms with Crippen LogP contribution in [0.1, 0.15) is 46.1 Å². The van der Waals surface area contributed by atoms with Gasteiger partial charge in [-0.05, 0) is 75.2 Å². The number of unbranched alkanes of at least 4 members (excludes halogenated alkanes) is 1. The van der Waals surface area contributed by atoms with Crippen LogP contribution in [0.5, 0.6) is 17.2 Å². The predicted octanol–water partition coefficient (Wildman–Crippen LogP) is 5.37. The standard InChI is InChI=1S/C26H29ClN2O6/c1-5-7-12-34-19-10-8-18(9-11-19)29-25(31)20(24(30)28-26(29)32)13-17-14-21(27)23(35-16(3)4)22(15-17)33-6-2/h8-11,13-16H,5-7,12H2,1-4H3,(H,28,30,32)/b20-13-. The van der Waals surface area contributed by atoms with Gasteiger partial charge in [0, 0.05) is 0 Å². The highest BCUT2D eigenvalue weighted by Crippen LogP contribution is 2.38. The second-order valence-electron chi connectivity index (χ2n) is 8.08. The summed E-state index contributed by atoms with van der Waals surface area (Å²) in [7, 11) is 0. The fraction of sp³-hybridized carbons (Fsp3) is 0.346. The molecule has 0 unspecified atom stereocenters. The van der Waals surface area contributed by atoms with Gasteiger partial charge in [0.2, 0.25) is 0 Å². The van der Waals surface area contributed by atoms with E-state index in [9.17, 15) is 14.4 Å². The lowest BCUT2D eigenvalue weighted by molar-refractivity contribution is -0.122. The van der Waals surface area contributed by atoms with Gasteiger partial charge < -0.3 is 14.2 Å². The topological polar surface area (TPSA) is 94.2 Å². The molecule has 3 rings (SSSR count). The minimum atomic E-state index is -0.828. The molecule has 0 bridgehead atoms. The minimum absolute atomic E-state index is 0.135. The monoisotopic (exact) mass is 500 g/mol. The summed E-state index contributed by atoms with van der Waals surface area (Å²) in [5, 5.41) is 2.49. The number of rotatable bonds is 10. The number of nitrogens with zero attached hydrogens (tertiary/aromatic N) is 1. The molecule has 186 valence electrons. The Morgan fingerprint density at radius 2 is 1.77 bits per heavy atom. The highest BCUT2D eigenvalue weighted by atomic mass is 35.5. The van der Waals surface area contributed by atoms with E-state index in [0.29, 0.717) is 41.7 Å². The van der Waals surface area contributed by atoms with E-state index in [0.717, 1.165) is 17.7 Å². The molecule has 0 saturated carbocycles. The lowest BCUT2D eigenvalue weighted by Gasteiger charge is -2.26. The molecule has 1 aliphatic heterocycles. The lowest BCUT2D eigenvalue weighted by Crippen LogP contribution is -2.54. The van der Waals surface area contributed by atoms with Crippen molar-refractivity contribution in [3.63, 3.8) is 0 Å². The number of nitrogens with one attached hydrogen (secondary N) is 1. The Bertz CT molecular complexity index is 1130. The summed E-state index contributed by atoms with van der Waals surface area (Å²) < 4.78 is 17.0. The van der Waals surface area contributed by atoms with Crippen molar-refractivity contribution in [2.24, 2.45) is 0 Å². The predicted molar refractivity (Wildman–Crippen MR) is 134 cm³/mol. The zero-order valence-electron chi connectivity index (χ0n) is 20.2. The van der Waals surface area contributed by atoms with Gasteiger partial charge in [-0.15, -0.1) is 0 Å². The van der Waals surface area contributed by atoms with Gasteiger partial charge in [-0.2, -0.15) is 0 Å². The molecule has 0 radical (unpaired) electrons. The molecule has 2 aromatic carbocycles. The van der Waals surface area contributed by atoms with Gasteiger partial charge >= 0.3 is 6.03 Å². The number of amides is 4. The fourth-order valence-electron chi connectivity index (χ4n) is 3.37. The maximum absolute atomic E-state index is 13.2. The number of hydrogen-bond donors (Lipinski definition) is 1. The molecule has 8 nitrogen and oxygen atoms in total. The zero-order chi connectivity index (χ0) is 25.5. The molecule has 9 heteroatoms. The molecule has 4 amide bonds. The van der Waals surface area contributed by atoms with Crippen LogP contribution in [0.3, 0.4) is 0 Å². The van der Waals surface area contributed by atoms with E-state index in [1.807, 2.05) is 20.8 Å². The third kappa shape index (κ3) is 6.33. The van der Waals surface area contributed by atoms with E-state index >= 15 is 0 Å². The van der Waals surface area contributed by atoms with Crippen LogP contribution in [0.4, 0.5) is 10.5 Å². The van der Waals surface area contributed by atoms with Crippen molar-refractivity contribution in [3.05, 3.63) is 52.6 Å². The fourth-order valence-corrected chi connectivity index (χ4v) is 3.63. The van der Waals surface area contributed by atoms with Crippen LogP contribution in [-0.4, -0.2) is 37.2 Å². The Morgan fingerprint density at radius 3 is 2.40 bits per heavy atom. The highest BCUT2D eigenvalue weighted by molar-refractivity contribution is 6.39. The smallest absolute Gasteiger partial charge is 0.335 e. The molecular weight excluding hydrogens is 472 g/mol. The number of carbonyl (C=O) groups is 3. The van der Waals surface area contributed by atoms with Crippen molar-refractivity contribution >= 4 is 41.2 Å². The van der Waals surface area contributed by atoms with Gasteiger partial charge in [0.1, 0.15) is 11.3 Å². The maximum atomic E-state index is 13.2. The van der Waals surface area contributed by atoms with E-state index < -0.39 is 17.8 Å². The molecule has 0 aliphatic carbocycles. The SMILES string of the molecule is CCCCOc1ccc(N2C(=O)NC(=O)/C(=C/c3cc(Cl)c(OC(C)C)c(OCC)c3)C2=O)cc1. The van der Waals surface area contributed by atoms with Crippen molar-refractivity contribution in [2.45, 2.75) is 46.6 Å². The second kappa shape index (κ2) is 11.8. The van der Waals surface area contributed by atoms with E-state index in [1.165, 1.54) is 6.08 Å². The first-order chi connectivity index (χ1) is 16.7. The largest absolute Gasteiger partial charge is 0.494 e. The molecule has 1 fully saturated rings. The number of hydrogen-bond acceptors (Lipinski definition) is 6. The molecular formula is C26H29ClN2O6. The van der Waals surface area contributed by atoms with Crippen molar-refractivity contribution < 1.29 is 28.6 Å². The Kier molecular flexibility index (Phi) is 8.76. The molecule has 1 heterocycles. The van der Waals surface area contributed by atoms with Gasteiger partial charge in [0.25, 0.3) is 11.8 Å². The zero-order valence-corrected chi connectivity index (χ0v) is 21.0. The Labute approximate surface area is 209 Å². The number of urea groups is 1. The molecule has 0 aromatic heterocycles. The number of carbonyl (C=O) groups excluding carboxylic acids is 3. The number of barbiturate groups is 1. The third-order valence-electron chi connectivity index (χ3n) is 4.96. The maximum Gasteiger partial charge on any atom is 0.335 e. The van der Waals surface area contributed by atoms with E-state index in [-0.39, 0.29) is 16.7 Å². The summed E-state index contributed by atoms with van der Waals surface area (Å²) in [6.07, 6.45) is 3.16. The average molecular weight is 501 g/mol. The van der Waals surface area contributed by atoms with Gasteiger partial charge in [-0.3, -0.25) is 14.9 Å². The van der Waals surface area contributed by atoms with Gasteiger partial charge in [-0.25, -0.2) is 9.69 Å². The highest BCUT2D eigenvalue weighted by Gasteiger charge is 2.37. The first-order valence-electron chi connectivity index (χ1n) is 11.5. The van der Waals surface area contributed by atoms with Crippen LogP contribution in [0.15, 0.2) is 42.0 Å². The van der Waals surface area contributed by atoms with Crippen LogP contribution in [0, 0.1) is 0 Å². The summed E-state index contributed by atoms with van der Waals surface area (Å²) >= 11 is 6.42. The Balaban J connectivity index is 1.92. The van der Waals surface area contributed by atoms with Crippen molar-refractivity contribution in [3.8, 4) is 17.2 Å². The summed E-state index contributed by atoms with van der Waals surface area (Å²) in [5.74, 6) is -0.165. The van der Waals surface area contributed by atoms with Crippen LogP contribution < -0.4 is 24.4 Å². The number of halogens is 1. The average Bonchev–Trinajstić information content (AvgIpc) is 2.80. The van der Waals surface area contributed by atoms with Crippen LogP contribution in [0.2, 0.25) is 5.02 Å². The summed E-state index contributed by atoms with van der Waals surface area (Å²) in [6.45, 7) is 8.56. The first-order valence-corrected chi connectivity index (χ1v) is 11.9. The minimum Gasteiger partial charge on any atom is -0.494 e. The number of ether oxygens (including phenoxy) is 3. The van der Waals surface area contributed by atoms with E-state index in [1.54, 1.807) is 36.4 Å². The number of imide groups is 2. The van der Waals surface area contributed by atoms with E-state index in [2.05, 4.69) is 12.2 Å². The number of benzene rings is 2. The second-order valence-corrected chi connectivity index (χ2v) is 8.49. The van der Waals surface area contributed by atoms with Gasteiger partial charge in [0.15, 0.2) is 11.5 Å².